The lowest BCUT2D eigenvalue weighted by Crippen LogP contribution is -2.49. The third-order valence-electron chi connectivity index (χ3n) is 3.59. The summed E-state index contributed by atoms with van der Waals surface area (Å²) in [6.45, 7) is 2.05. The first-order chi connectivity index (χ1) is 8.60. The molecule has 1 N–H and O–H groups in total. The zero-order valence-corrected chi connectivity index (χ0v) is 10.9. The first-order valence-corrected chi connectivity index (χ1v) is 6.99. The van der Waals surface area contributed by atoms with Gasteiger partial charge in [-0.1, -0.05) is 0 Å². The molecule has 2 aliphatic rings. The number of nitrogens with one attached hydrogen (secondary N) is 1. The summed E-state index contributed by atoms with van der Waals surface area (Å²) in [5.74, 6) is 0.655. The summed E-state index contributed by atoms with van der Waals surface area (Å²) in [6, 6.07) is 3.33. The van der Waals surface area contributed by atoms with Crippen molar-refractivity contribution in [2.24, 2.45) is 0 Å². The van der Waals surface area contributed by atoms with Gasteiger partial charge in [0, 0.05) is 24.6 Å². The second-order valence-electron chi connectivity index (χ2n) is 4.83. The summed E-state index contributed by atoms with van der Waals surface area (Å²) in [5, 5.41) is 0. The monoisotopic (exact) mass is 265 g/mol. The molecule has 96 valence electrons. The maximum Gasteiger partial charge on any atom is 0.262 e. The Hall–Kier alpha value is -1.43. The fourth-order valence-corrected chi connectivity index (χ4v) is 4.06. The van der Waals surface area contributed by atoms with Gasteiger partial charge in [-0.05, 0) is 25.5 Å². The average Bonchev–Trinajstić information content (AvgIpc) is 2.99. The van der Waals surface area contributed by atoms with Crippen LogP contribution >= 0.6 is 11.8 Å². The van der Waals surface area contributed by atoms with Gasteiger partial charge in [-0.3, -0.25) is 19.7 Å². The predicted octanol–water partition coefficient (Wildman–Crippen LogP) is 1.01. The van der Waals surface area contributed by atoms with Crippen LogP contribution in [-0.2, 0) is 9.59 Å². The number of carbonyl (C=O) groups is 2. The minimum Gasteiger partial charge on any atom is -0.315 e. The van der Waals surface area contributed by atoms with E-state index in [1.165, 1.54) is 0 Å². The summed E-state index contributed by atoms with van der Waals surface area (Å²) < 4.78 is 1.61. The van der Waals surface area contributed by atoms with Gasteiger partial charge in [0.05, 0.1) is 4.87 Å². The number of amides is 2. The van der Waals surface area contributed by atoms with E-state index < -0.39 is 0 Å². The Balaban J connectivity index is 1.77. The normalized spacial score (nSPS) is 30.6. The van der Waals surface area contributed by atoms with Crippen LogP contribution in [0.5, 0.6) is 0 Å². The summed E-state index contributed by atoms with van der Waals surface area (Å²) in [7, 11) is 0. The molecule has 2 saturated heterocycles. The van der Waals surface area contributed by atoms with Gasteiger partial charge >= 0.3 is 0 Å². The van der Waals surface area contributed by atoms with Gasteiger partial charge in [-0.2, -0.15) is 0 Å². The van der Waals surface area contributed by atoms with Crippen molar-refractivity contribution < 1.29 is 9.59 Å². The molecule has 0 spiro atoms. The van der Waals surface area contributed by atoms with Crippen molar-refractivity contribution in [2.45, 2.75) is 30.7 Å². The Morgan fingerprint density at radius 1 is 1.50 bits per heavy atom. The fraction of sp³-hybridized carbons (Fsp3) is 0.500. The van der Waals surface area contributed by atoms with E-state index in [0.29, 0.717) is 12.2 Å². The Morgan fingerprint density at radius 3 is 2.94 bits per heavy atom. The second kappa shape index (κ2) is 4.05. The number of hydrogen-bond donors (Lipinski definition) is 1. The molecule has 0 unspecified atom stereocenters. The standard InChI is InChI=1S/C12H15N3O2S/c1-12-5-4-10(16)15(12)9(8-18-12)11(17)13-14-6-2-3-7-14/h2-3,6-7,9H,4-5,8H2,1H3,(H,13,17)/t9-,12-/m1/s1. The molecule has 0 aliphatic carbocycles. The van der Waals surface area contributed by atoms with Gasteiger partial charge in [-0.15, -0.1) is 11.8 Å². The maximum absolute atomic E-state index is 12.2. The largest absolute Gasteiger partial charge is 0.315 e. The van der Waals surface area contributed by atoms with Gasteiger partial charge in [0.1, 0.15) is 6.04 Å². The third-order valence-corrected chi connectivity index (χ3v) is 5.10. The lowest BCUT2D eigenvalue weighted by molar-refractivity contribution is -0.136. The summed E-state index contributed by atoms with van der Waals surface area (Å²) in [6.07, 6.45) is 4.93. The molecule has 1 aromatic rings. The predicted molar refractivity (Wildman–Crippen MR) is 69.5 cm³/mol. The van der Waals surface area contributed by atoms with Crippen LogP contribution in [0.25, 0.3) is 0 Å². The molecular weight excluding hydrogens is 250 g/mol. The minimum absolute atomic E-state index is 0.0927. The second-order valence-corrected chi connectivity index (χ2v) is 6.33. The minimum atomic E-state index is -0.350. The molecule has 0 bridgehead atoms. The van der Waals surface area contributed by atoms with Crippen LogP contribution in [0.4, 0.5) is 0 Å². The van der Waals surface area contributed by atoms with Crippen LogP contribution in [0.1, 0.15) is 19.8 Å². The van der Waals surface area contributed by atoms with Crippen LogP contribution in [0.2, 0.25) is 0 Å². The Morgan fingerprint density at radius 2 is 2.22 bits per heavy atom. The third kappa shape index (κ3) is 1.71. The topological polar surface area (TPSA) is 54.3 Å². The molecule has 2 fully saturated rings. The van der Waals surface area contributed by atoms with E-state index in [0.717, 1.165) is 6.42 Å². The van der Waals surface area contributed by atoms with E-state index in [4.69, 9.17) is 0 Å². The van der Waals surface area contributed by atoms with Crippen molar-refractivity contribution >= 4 is 23.6 Å². The number of thioether (sulfide) groups is 1. The number of carbonyl (C=O) groups excluding carboxylic acids is 2. The van der Waals surface area contributed by atoms with Crippen molar-refractivity contribution in [2.75, 3.05) is 11.2 Å². The van der Waals surface area contributed by atoms with Crippen LogP contribution in [0.3, 0.4) is 0 Å². The van der Waals surface area contributed by atoms with Crippen LogP contribution in [-0.4, -0.2) is 38.1 Å². The molecular formula is C12H15N3O2S. The molecule has 0 saturated carbocycles. The fourth-order valence-electron chi connectivity index (χ4n) is 2.63. The number of hydrogen-bond acceptors (Lipinski definition) is 3. The number of nitrogens with zero attached hydrogens (tertiary/aromatic N) is 2. The van der Waals surface area contributed by atoms with Gasteiger partial charge in [0.15, 0.2) is 0 Å². The molecule has 5 nitrogen and oxygen atoms in total. The van der Waals surface area contributed by atoms with E-state index in [9.17, 15) is 9.59 Å². The SMILES string of the molecule is C[C@@]12CCC(=O)N1[C@@H](C(=O)Nn1cccc1)CS2. The first-order valence-electron chi connectivity index (χ1n) is 6.00. The Labute approximate surface area is 109 Å². The lowest BCUT2D eigenvalue weighted by atomic mass is 10.2. The van der Waals surface area contributed by atoms with Crippen molar-refractivity contribution in [3.63, 3.8) is 0 Å². The van der Waals surface area contributed by atoms with E-state index in [1.807, 2.05) is 19.1 Å². The van der Waals surface area contributed by atoms with Crippen LogP contribution in [0.15, 0.2) is 24.5 Å². The Bertz CT molecular complexity index is 488. The Kier molecular flexibility index (Phi) is 2.62. The molecule has 0 radical (unpaired) electrons. The van der Waals surface area contributed by atoms with E-state index in [1.54, 1.807) is 33.7 Å². The van der Waals surface area contributed by atoms with E-state index in [2.05, 4.69) is 5.43 Å². The van der Waals surface area contributed by atoms with Gasteiger partial charge < -0.3 is 4.90 Å². The lowest BCUT2D eigenvalue weighted by Gasteiger charge is -2.29. The van der Waals surface area contributed by atoms with E-state index in [-0.39, 0.29) is 22.7 Å². The molecule has 1 aromatic heterocycles. The summed E-state index contributed by atoms with van der Waals surface area (Å²) in [5.41, 5.74) is 2.78. The van der Waals surface area contributed by atoms with E-state index >= 15 is 0 Å². The summed E-state index contributed by atoms with van der Waals surface area (Å²) in [4.78, 5) is 25.7. The molecule has 3 heterocycles. The quantitative estimate of drug-likeness (QED) is 0.868. The highest BCUT2D eigenvalue weighted by atomic mass is 32.2. The highest BCUT2D eigenvalue weighted by Crippen LogP contribution is 2.47. The smallest absolute Gasteiger partial charge is 0.262 e. The highest BCUT2D eigenvalue weighted by molar-refractivity contribution is 8.01. The zero-order chi connectivity index (χ0) is 12.8. The van der Waals surface area contributed by atoms with Crippen molar-refractivity contribution in [3.8, 4) is 0 Å². The van der Waals surface area contributed by atoms with Crippen molar-refractivity contribution in [1.82, 2.24) is 9.58 Å². The van der Waals surface area contributed by atoms with Crippen molar-refractivity contribution in [1.29, 1.82) is 0 Å². The number of fused-ring (bicyclic) bond motifs is 1. The maximum atomic E-state index is 12.2. The van der Waals surface area contributed by atoms with Gasteiger partial charge in [0.2, 0.25) is 5.91 Å². The average molecular weight is 265 g/mol. The molecule has 2 atom stereocenters. The molecule has 2 amide bonds. The molecule has 0 aromatic carbocycles. The van der Waals surface area contributed by atoms with Crippen LogP contribution < -0.4 is 5.43 Å². The highest BCUT2D eigenvalue weighted by Gasteiger charge is 2.52. The molecule has 6 heteroatoms. The van der Waals surface area contributed by atoms with Gasteiger partial charge in [-0.25, -0.2) is 0 Å². The molecule has 3 rings (SSSR count). The number of rotatable bonds is 2. The molecule has 18 heavy (non-hydrogen) atoms. The number of aromatic nitrogens is 1. The summed E-state index contributed by atoms with van der Waals surface area (Å²) >= 11 is 1.70. The van der Waals surface area contributed by atoms with Crippen LogP contribution in [0, 0.1) is 0 Å². The van der Waals surface area contributed by atoms with Crippen molar-refractivity contribution in [3.05, 3.63) is 24.5 Å². The molecule has 2 aliphatic heterocycles. The van der Waals surface area contributed by atoms with Gasteiger partial charge in [0.25, 0.3) is 5.91 Å². The first kappa shape index (κ1) is 11.6. The zero-order valence-electron chi connectivity index (χ0n) is 10.1.